The highest BCUT2D eigenvalue weighted by molar-refractivity contribution is 7.14. The van der Waals surface area contributed by atoms with Gasteiger partial charge in [0, 0.05) is 29.9 Å². The number of amides is 1. The molecular weight excluding hydrogens is 292 g/mol. The molecule has 0 saturated heterocycles. The summed E-state index contributed by atoms with van der Waals surface area (Å²) in [5, 5.41) is 16.6. The van der Waals surface area contributed by atoms with E-state index in [0.29, 0.717) is 18.2 Å². The molecule has 106 valence electrons. The monoisotopic (exact) mass is 308 g/mol. The molecule has 6 heteroatoms. The highest BCUT2D eigenvalue weighted by Crippen LogP contribution is 2.33. The van der Waals surface area contributed by atoms with Crippen LogP contribution in [0.3, 0.4) is 0 Å². The van der Waals surface area contributed by atoms with Gasteiger partial charge in [-0.3, -0.25) is 4.79 Å². The molecule has 1 N–H and O–H groups in total. The minimum atomic E-state index is -0.404. The summed E-state index contributed by atoms with van der Waals surface area (Å²) in [5.74, 6) is 0.254. The van der Waals surface area contributed by atoms with Crippen molar-refractivity contribution in [1.82, 2.24) is 9.88 Å². The summed E-state index contributed by atoms with van der Waals surface area (Å²) in [6.07, 6.45) is 1.74. The van der Waals surface area contributed by atoms with Crippen molar-refractivity contribution in [2.75, 3.05) is 13.6 Å². The zero-order valence-electron chi connectivity index (χ0n) is 11.2. The molecule has 0 aromatic carbocycles. The van der Waals surface area contributed by atoms with Crippen LogP contribution in [0.25, 0.3) is 10.6 Å². The van der Waals surface area contributed by atoms with Gasteiger partial charge < -0.3 is 10.0 Å². The van der Waals surface area contributed by atoms with E-state index in [1.807, 2.05) is 16.8 Å². The van der Waals surface area contributed by atoms with Gasteiger partial charge in [0.25, 0.3) is 5.91 Å². The normalized spacial score (nSPS) is 16.1. The maximum absolute atomic E-state index is 12.3. The van der Waals surface area contributed by atoms with Crippen LogP contribution in [0.4, 0.5) is 0 Å². The average Bonchev–Trinajstić information content (AvgIpc) is 2.95. The first-order valence-electron chi connectivity index (χ1n) is 6.57. The number of thiophene rings is 1. The average molecular weight is 308 g/mol. The molecule has 20 heavy (non-hydrogen) atoms. The van der Waals surface area contributed by atoms with Crippen molar-refractivity contribution < 1.29 is 9.90 Å². The predicted molar refractivity (Wildman–Crippen MR) is 81.1 cm³/mol. The van der Waals surface area contributed by atoms with Crippen LogP contribution < -0.4 is 0 Å². The Hall–Kier alpha value is -1.24. The Kier molecular flexibility index (Phi) is 3.87. The Bertz CT molecular complexity index is 590. The van der Waals surface area contributed by atoms with E-state index in [-0.39, 0.29) is 5.91 Å². The van der Waals surface area contributed by atoms with E-state index in [1.165, 1.54) is 11.3 Å². The second kappa shape index (κ2) is 5.63. The topological polar surface area (TPSA) is 53.4 Å². The molecule has 3 rings (SSSR count). The van der Waals surface area contributed by atoms with Gasteiger partial charge in [-0.15, -0.1) is 11.3 Å². The molecule has 4 nitrogen and oxygen atoms in total. The third-order valence-electron chi connectivity index (χ3n) is 3.47. The third kappa shape index (κ3) is 2.92. The number of carbonyl (C=O) groups excluding carboxylic acids is 1. The lowest BCUT2D eigenvalue weighted by Crippen LogP contribution is -2.35. The number of hydrogen-bond donors (Lipinski definition) is 1. The molecule has 1 amide bonds. The van der Waals surface area contributed by atoms with Crippen LogP contribution in [-0.4, -0.2) is 40.6 Å². The number of likely N-dealkylation sites (N-methyl/N-ethyl adjacent to an activating group) is 1. The summed E-state index contributed by atoms with van der Waals surface area (Å²) in [6.45, 7) is 0.384. The lowest BCUT2D eigenvalue weighted by molar-refractivity contribution is 0.0641. The number of nitrogens with zero attached hydrogens (tertiary/aromatic N) is 2. The summed E-state index contributed by atoms with van der Waals surface area (Å²) in [6, 6.07) is 2.00. The molecule has 1 aliphatic rings. The highest BCUT2D eigenvalue weighted by atomic mass is 32.1. The molecule has 0 radical (unpaired) electrons. The molecule has 2 heterocycles. The van der Waals surface area contributed by atoms with Crippen LogP contribution in [0.1, 0.15) is 23.3 Å². The number of carbonyl (C=O) groups is 1. The van der Waals surface area contributed by atoms with Gasteiger partial charge in [-0.25, -0.2) is 4.98 Å². The number of aliphatic hydroxyl groups excluding tert-OH is 1. The van der Waals surface area contributed by atoms with Gasteiger partial charge >= 0.3 is 0 Å². The molecular formula is C14H16N2O2S2. The molecule has 1 unspecified atom stereocenters. The molecule has 2 aromatic rings. The van der Waals surface area contributed by atoms with E-state index in [1.54, 1.807) is 28.7 Å². The number of aliphatic hydroxyl groups is 1. The van der Waals surface area contributed by atoms with E-state index < -0.39 is 6.10 Å². The Morgan fingerprint density at radius 1 is 1.55 bits per heavy atom. The first-order chi connectivity index (χ1) is 9.65. The quantitative estimate of drug-likeness (QED) is 0.924. The summed E-state index contributed by atoms with van der Waals surface area (Å²) in [5.41, 5.74) is 1.52. The molecule has 0 bridgehead atoms. The molecule has 1 atom stereocenters. The number of rotatable bonds is 5. The Labute approximate surface area is 125 Å². The largest absolute Gasteiger partial charge is 0.391 e. The lowest BCUT2D eigenvalue weighted by Gasteiger charge is -2.19. The minimum Gasteiger partial charge on any atom is -0.391 e. The zero-order chi connectivity index (χ0) is 14.1. The van der Waals surface area contributed by atoms with E-state index in [0.717, 1.165) is 23.4 Å². The van der Waals surface area contributed by atoms with Gasteiger partial charge in [-0.2, -0.15) is 11.3 Å². The van der Waals surface area contributed by atoms with Gasteiger partial charge in [0.05, 0.1) is 6.10 Å². The standard InChI is InChI=1S/C14H16N2O2S2/c1-16(6-12(17)9-2-3-9)14(18)11-8-20-13(15-11)10-4-5-19-7-10/h4-5,7-9,12,17H,2-3,6H2,1H3. The molecule has 0 spiro atoms. The third-order valence-corrected chi connectivity index (χ3v) is 5.04. The van der Waals surface area contributed by atoms with Crippen molar-refractivity contribution in [3.05, 3.63) is 27.9 Å². The van der Waals surface area contributed by atoms with Crippen molar-refractivity contribution in [2.45, 2.75) is 18.9 Å². The zero-order valence-corrected chi connectivity index (χ0v) is 12.8. The van der Waals surface area contributed by atoms with Crippen molar-refractivity contribution in [3.8, 4) is 10.6 Å². The second-order valence-electron chi connectivity index (χ2n) is 5.14. The minimum absolute atomic E-state index is 0.123. The molecule has 0 aliphatic heterocycles. The lowest BCUT2D eigenvalue weighted by atomic mass is 10.2. The SMILES string of the molecule is CN(CC(O)C1CC1)C(=O)c1csc(-c2ccsc2)n1. The molecule has 1 aliphatic carbocycles. The van der Waals surface area contributed by atoms with Crippen LogP contribution in [0.2, 0.25) is 0 Å². The van der Waals surface area contributed by atoms with Crippen LogP contribution in [0.15, 0.2) is 22.2 Å². The molecule has 1 fully saturated rings. The summed E-state index contributed by atoms with van der Waals surface area (Å²) >= 11 is 3.09. The van der Waals surface area contributed by atoms with Gasteiger partial charge in [0.2, 0.25) is 0 Å². The van der Waals surface area contributed by atoms with E-state index in [4.69, 9.17) is 0 Å². The Balaban J connectivity index is 1.67. The predicted octanol–water partition coefficient (Wildman–Crippen LogP) is 2.71. The summed E-state index contributed by atoms with van der Waals surface area (Å²) in [7, 11) is 1.72. The summed E-state index contributed by atoms with van der Waals surface area (Å²) < 4.78 is 0. The van der Waals surface area contributed by atoms with Gasteiger partial charge in [0.1, 0.15) is 10.7 Å². The first kappa shape index (κ1) is 13.7. The Morgan fingerprint density at radius 2 is 2.35 bits per heavy atom. The van der Waals surface area contributed by atoms with Crippen molar-refractivity contribution in [3.63, 3.8) is 0 Å². The van der Waals surface area contributed by atoms with Gasteiger partial charge in [-0.05, 0) is 30.2 Å². The van der Waals surface area contributed by atoms with Crippen molar-refractivity contribution >= 4 is 28.6 Å². The number of hydrogen-bond acceptors (Lipinski definition) is 5. The maximum Gasteiger partial charge on any atom is 0.273 e. The Morgan fingerprint density at radius 3 is 3.00 bits per heavy atom. The highest BCUT2D eigenvalue weighted by Gasteiger charge is 2.31. The van der Waals surface area contributed by atoms with Crippen LogP contribution in [0.5, 0.6) is 0 Å². The summed E-state index contributed by atoms with van der Waals surface area (Å²) in [4.78, 5) is 18.2. The van der Waals surface area contributed by atoms with Gasteiger partial charge in [-0.1, -0.05) is 0 Å². The van der Waals surface area contributed by atoms with Crippen LogP contribution in [-0.2, 0) is 0 Å². The van der Waals surface area contributed by atoms with E-state index >= 15 is 0 Å². The van der Waals surface area contributed by atoms with Crippen LogP contribution >= 0.6 is 22.7 Å². The van der Waals surface area contributed by atoms with Crippen molar-refractivity contribution in [2.24, 2.45) is 5.92 Å². The smallest absolute Gasteiger partial charge is 0.273 e. The van der Waals surface area contributed by atoms with Crippen LogP contribution in [0, 0.1) is 5.92 Å². The van der Waals surface area contributed by atoms with Crippen molar-refractivity contribution in [1.29, 1.82) is 0 Å². The number of thiazole rings is 1. The molecule has 1 saturated carbocycles. The fourth-order valence-corrected chi connectivity index (χ4v) is 3.59. The fourth-order valence-electron chi connectivity index (χ4n) is 2.08. The maximum atomic E-state index is 12.3. The molecule has 2 aromatic heterocycles. The van der Waals surface area contributed by atoms with E-state index in [2.05, 4.69) is 4.98 Å². The van der Waals surface area contributed by atoms with Gasteiger partial charge in [0.15, 0.2) is 0 Å². The first-order valence-corrected chi connectivity index (χ1v) is 8.39. The fraction of sp³-hybridized carbons (Fsp3) is 0.429. The number of aromatic nitrogens is 1. The second-order valence-corrected chi connectivity index (χ2v) is 6.78. The van der Waals surface area contributed by atoms with E-state index in [9.17, 15) is 9.90 Å².